The van der Waals surface area contributed by atoms with Crippen LogP contribution in [0.5, 0.6) is 0 Å². The first-order chi connectivity index (χ1) is 7.33. The molecular weight excluding hydrogens is 188 g/mol. The third-order valence-electron chi connectivity index (χ3n) is 3.59. The van der Waals surface area contributed by atoms with Crippen molar-refractivity contribution >= 4 is 0 Å². The molecule has 0 aromatic rings. The molecule has 1 unspecified atom stereocenters. The van der Waals surface area contributed by atoms with Crippen molar-refractivity contribution in [2.24, 2.45) is 5.73 Å². The van der Waals surface area contributed by atoms with Gasteiger partial charge in [0.05, 0.1) is 6.61 Å². The Kier molecular flexibility index (Phi) is 6.22. The van der Waals surface area contributed by atoms with Crippen molar-refractivity contribution in [3.63, 3.8) is 0 Å². The normalized spacial score (nSPS) is 20.0. The molecule has 90 valence electrons. The zero-order valence-electron chi connectivity index (χ0n) is 9.99. The fourth-order valence-corrected chi connectivity index (χ4v) is 2.81. The minimum absolute atomic E-state index is 0.275. The van der Waals surface area contributed by atoms with Crippen molar-refractivity contribution in [1.82, 2.24) is 4.90 Å². The molecule has 1 fully saturated rings. The van der Waals surface area contributed by atoms with Gasteiger partial charge < -0.3 is 10.8 Å². The molecule has 0 saturated heterocycles. The summed E-state index contributed by atoms with van der Waals surface area (Å²) >= 11 is 0. The summed E-state index contributed by atoms with van der Waals surface area (Å²) < 4.78 is 0. The number of nitrogens with two attached hydrogens (primary N) is 1. The van der Waals surface area contributed by atoms with Gasteiger partial charge in [0.15, 0.2) is 0 Å². The van der Waals surface area contributed by atoms with E-state index in [9.17, 15) is 0 Å². The van der Waals surface area contributed by atoms with Gasteiger partial charge in [0.25, 0.3) is 0 Å². The van der Waals surface area contributed by atoms with Crippen LogP contribution in [0.25, 0.3) is 0 Å². The molecule has 0 radical (unpaired) electrons. The topological polar surface area (TPSA) is 49.5 Å². The molecule has 1 rings (SSSR count). The van der Waals surface area contributed by atoms with E-state index in [0.29, 0.717) is 12.1 Å². The van der Waals surface area contributed by atoms with Gasteiger partial charge in [-0.2, -0.15) is 0 Å². The molecule has 0 aliphatic heterocycles. The van der Waals surface area contributed by atoms with Gasteiger partial charge in [-0.3, -0.25) is 4.90 Å². The smallest absolute Gasteiger partial charge is 0.0558 e. The number of nitrogens with zero attached hydrogens (tertiary/aromatic N) is 1. The maximum absolute atomic E-state index is 9.14. The monoisotopic (exact) mass is 214 g/mol. The Hall–Kier alpha value is -0.120. The molecule has 3 heteroatoms. The van der Waals surface area contributed by atoms with E-state index < -0.39 is 0 Å². The Labute approximate surface area is 93.6 Å². The maximum Gasteiger partial charge on any atom is 0.0558 e. The predicted molar refractivity (Wildman–Crippen MR) is 63.8 cm³/mol. The molecule has 0 heterocycles. The molecule has 0 aromatic heterocycles. The predicted octanol–water partition coefficient (Wildman–Crippen LogP) is 1.35. The van der Waals surface area contributed by atoms with Crippen LogP contribution in [0.4, 0.5) is 0 Å². The lowest BCUT2D eigenvalue weighted by molar-refractivity contribution is 0.0975. The number of hydrogen-bond donors (Lipinski definition) is 2. The molecule has 0 spiro atoms. The summed E-state index contributed by atoms with van der Waals surface area (Å²) in [6.07, 6.45) is 7.53. The first-order valence-electron chi connectivity index (χ1n) is 6.40. The second-order valence-electron chi connectivity index (χ2n) is 4.54. The van der Waals surface area contributed by atoms with Crippen molar-refractivity contribution in [2.45, 2.75) is 57.5 Å². The Bertz CT molecular complexity index is 158. The van der Waals surface area contributed by atoms with Crippen molar-refractivity contribution in [3.8, 4) is 0 Å². The minimum atomic E-state index is 0.275. The Morgan fingerprint density at radius 3 is 2.53 bits per heavy atom. The van der Waals surface area contributed by atoms with E-state index in [1.807, 2.05) is 0 Å². The summed E-state index contributed by atoms with van der Waals surface area (Å²) in [6.45, 7) is 4.08. The van der Waals surface area contributed by atoms with Crippen LogP contribution >= 0.6 is 0 Å². The molecular formula is C12H26N2O. The molecule has 0 amide bonds. The Morgan fingerprint density at radius 2 is 2.07 bits per heavy atom. The van der Waals surface area contributed by atoms with Crippen molar-refractivity contribution in [2.75, 3.05) is 19.7 Å². The van der Waals surface area contributed by atoms with Crippen LogP contribution in [0, 0.1) is 0 Å². The van der Waals surface area contributed by atoms with Crippen LogP contribution in [-0.2, 0) is 0 Å². The van der Waals surface area contributed by atoms with E-state index >= 15 is 0 Å². The van der Waals surface area contributed by atoms with Gasteiger partial charge in [-0.25, -0.2) is 0 Å². The largest absolute Gasteiger partial charge is 0.395 e. The fourth-order valence-electron chi connectivity index (χ4n) is 2.81. The highest BCUT2D eigenvalue weighted by molar-refractivity contribution is 4.82. The SMILES string of the molecule is CCC(CCN)N(CCO)C1CCCC1. The van der Waals surface area contributed by atoms with Gasteiger partial charge in [-0.05, 0) is 32.2 Å². The lowest BCUT2D eigenvalue weighted by Gasteiger charge is -2.35. The molecule has 3 N–H and O–H groups in total. The summed E-state index contributed by atoms with van der Waals surface area (Å²) in [5.74, 6) is 0. The standard InChI is InChI=1S/C12H26N2O/c1-2-11(7-8-13)14(9-10-15)12-5-3-4-6-12/h11-12,15H,2-10,13H2,1H3. The minimum Gasteiger partial charge on any atom is -0.395 e. The van der Waals surface area contributed by atoms with E-state index in [4.69, 9.17) is 10.8 Å². The molecule has 0 bridgehead atoms. The van der Waals surface area contributed by atoms with Crippen LogP contribution in [0.2, 0.25) is 0 Å². The van der Waals surface area contributed by atoms with Gasteiger partial charge in [-0.15, -0.1) is 0 Å². The van der Waals surface area contributed by atoms with Crippen molar-refractivity contribution < 1.29 is 5.11 Å². The lowest BCUT2D eigenvalue weighted by atomic mass is 10.1. The number of aliphatic hydroxyl groups excluding tert-OH is 1. The number of hydrogen-bond acceptors (Lipinski definition) is 3. The summed E-state index contributed by atoms with van der Waals surface area (Å²) in [5.41, 5.74) is 5.65. The summed E-state index contributed by atoms with van der Waals surface area (Å²) in [7, 11) is 0. The molecule has 1 aliphatic rings. The second-order valence-corrected chi connectivity index (χ2v) is 4.54. The van der Waals surface area contributed by atoms with E-state index in [1.54, 1.807) is 0 Å². The van der Waals surface area contributed by atoms with E-state index in [0.717, 1.165) is 25.9 Å². The summed E-state index contributed by atoms with van der Waals surface area (Å²) in [5, 5.41) is 9.14. The first kappa shape index (κ1) is 12.9. The average Bonchev–Trinajstić information content (AvgIpc) is 2.76. The molecule has 1 atom stereocenters. The van der Waals surface area contributed by atoms with Gasteiger partial charge in [0.1, 0.15) is 0 Å². The molecule has 1 saturated carbocycles. The third-order valence-corrected chi connectivity index (χ3v) is 3.59. The highest BCUT2D eigenvalue weighted by Crippen LogP contribution is 2.26. The van der Waals surface area contributed by atoms with Gasteiger partial charge in [-0.1, -0.05) is 19.8 Å². The Balaban J connectivity index is 2.52. The van der Waals surface area contributed by atoms with Crippen molar-refractivity contribution in [1.29, 1.82) is 0 Å². The van der Waals surface area contributed by atoms with Crippen LogP contribution in [0.15, 0.2) is 0 Å². The number of aliphatic hydroxyl groups is 1. The molecule has 3 nitrogen and oxygen atoms in total. The van der Waals surface area contributed by atoms with Crippen LogP contribution < -0.4 is 5.73 Å². The number of rotatable bonds is 7. The molecule has 1 aliphatic carbocycles. The molecule has 15 heavy (non-hydrogen) atoms. The van der Waals surface area contributed by atoms with Gasteiger partial charge in [0.2, 0.25) is 0 Å². The van der Waals surface area contributed by atoms with Crippen LogP contribution in [-0.4, -0.2) is 41.8 Å². The third kappa shape index (κ3) is 3.74. The Morgan fingerprint density at radius 1 is 1.40 bits per heavy atom. The lowest BCUT2D eigenvalue weighted by Crippen LogP contribution is -2.44. The molecule has 0 aromatic carbocycles. The van der Waals surface area contributed by atoms with Crippen LogP contribution in [0.1, 0.15) is 45.4 Å². The quantitative estimate of drug-likeness (QED) is 0.672. The zero-order valence-corrected chi connectivity index (χ0v) is 9.99. The first-order valence-corrected chi connectivity index (χ1v) is 6.40. The van der Waals surface area contributed by atoms with E-state index in [-0.39, 0.29) is 6.61 Å². The van der Waals surface area contributed by atoms with E-state index in [1.165, 1.54) is 25.7 Å². The highest BCUT2D eigenvalue weighted by Gasteiger charge is 2.26. The maximum atomic E-state index is 9.14. The zero-order chi connectivity index (χ0) is 11.1. The fraction of sp³-hybridized carbons (Fsp3) is 1.00. The second kappa shape index (κ2) is 7.20. The van der Waals surface area contributed by atoms with Gasteiger partial charge >= 0.3 is 0 Å². The van der Waals surface area contributed by atoms with Gasteiger partial charge in [0, 0.05) is 18.6 Å². The summed E-state index contributed by atoms with van der Waals surface area (Å²) in [4.78, 5) is 2.50. The van der Waals surface area contributed by atoms with Crippen molar-refractivity contribution in [3.05, 3.63) is 0 Å². The van der Waals surface area contributed by atoms with Crippen LogP contribution in [0.3, 0.4) is 0 Å². The highest BCUT2D eigenvalue weighted by atomic mass is 16.3. The van der Waals surface area contributed by atoms with E-state index in [2.05, 4.69) is 11.8 Å². The summed E-state index contributed by atoms with van der Waals surface area (Å²) in [6, 6.07) is 1.28. The average molecular weight is 214 g/mol.